The summed E-state index contributed by atoms with van der Waals surface area (Å²) in [6.45, 7) is 3.77. The number of benzene rings is 2. The SMILES string of the molecule is COC(=O)[C@H]([C@H]1N[C@H](C(C)C)[C@@H](CO)N(Cc2ccccc2)C1=O)N1C(=O)c2ccccc2C1=O. The molecular weight excluding hydrogens is 450 g/mol. The third-order valence-corrected chi connectivity index (χ3v) is 6.70. The van der Waals surface area contributed by atoms with Gasteiger partial charge < -0.3 is 14.7 Å². The van der Waals surface area contributed by atoms with Crippen molar-refractivity contribution in [2.24, 2.45) is 5.92 Å². The summed E-state index contributed by atoms with van der Waals surface area (Å²) in [5, 5.41) is 13.4. The molecule has 2 aromatic carbocycles. The zero-order valence-corrected chi connectivity index (χ0v) is 19.9. The number of rotatable bonds is 7. The molecule has 0 radical (unpaired) electrons. The molecule has 35 heavy (non-hydrogen) atoms. The zero-order valence-electron chi connectivity index (χ0n) is 19.9. The summed E-state index contributed by atoms with van der Waals surface area (Å²) in [5.41, 5.74) is 1.19. The summed E-state index contributed by atoms with van der Waals surface area (Å²) in [4.78, 5) is 55.7. The van der Waals surface area contributed by atoms with Crippen LogP contribution in [0.15, 0.2) is 54.6 Å². The van der Waals surface area contributed by atoms with Crippen LogP contribution in [0.2, 0.25) is 0 Å². The van der Waals surface area contributed by atoms with Gasteiger partial charge in [-0.1, -0.05) is 56.3 Å². The number of ether oxygens (including phenoxy) is 1. The number of aliphatic hydroxyl groups is 1. The highest BCUT2D eigenvalue weighted by molar-refractivity contribution is 6.23. The molecule has 9 nitrogen and oxygen atoms in total. The molecule has 9 heteroatoms. The molecule has 1 saturated heterocycles. The third kappa shape index (κ3) is 4.33. The van der Waals surface area contributed by atoms with Crippen LogP contribution in [-0.2, 0) is 20.9 Å². The molecular formula is C26H29N3O6. The van der Waals surface area contributed by atoms with E-state index >= 15 is 0 Å². The fourth-order valence-corrected chi connectivity index (χ4v) is 4.95. The van der Waals surface area contributed by atoms with Crippen LogP contribution >= 0.6 is 0 Å². The Morgan fingerprint density at radius 1 is 1.00 bits per heavy atom. The summed E-state index contributed by atoms with van der Waals surface area (Å²) >= 11 is 0. The first-order valence-electron chi connectivity index (χ1n) is 11.6. The molecule has 2 aliphatic heterocycles. The van der Waals surface area contributed by atoms with E-state index in [1.807, 2.05) is 44.2 Å². The lowest BCUT2D eigenvalue weighted by Crippen LogP contribution is -2.73. The van der Waals surface area contributed by atoms with Crippen LogP contribution in [-0.4, -0.2) is 76.5 Å². The largest absolute Gasteiger partial charge is 0.467 e. The first-order chi connectivity index (χ1) is 16.8. The van der Waals surface area contributed by atoms with E-state index in [0.29, 0.717) is 0 Å². The first kappa shape index (κ1) is 24.6. The van der Waals surface area contributed by atoms with Crippen LogP contribution in [0.25, 0.3) is 0 Å². The van der Waals surface area contributed by atoms with Crippen molar-refractivity contribution in [1.82, 2.24) is 15.1 Å². The number of hydrogen-bond acceptors (Lipinski definition) is 7. The molecule has 4 rings (SSSR count). The molecule has 3 amide bonds. The average Bonchev–Trinajstić information content (AvgIpc) is 3.11. The molecule has 0 bridgehead atoms. The maximum absolute atomic E-state index is 13.9. The summed E-state index contributed by atoms with van der Waals surface area (Å²) < 4.78 is 4.98. The number of amides is 3. The van der Waals surface area contributed by atoms with Crippen molar-refractivity contribution in [1.29, 1.82) is 0 Å². The van der Waals surface area contributed by atoms with E-state index in [2.05, 4.69) is 5.32 Å². The molecule has 0 spiro atoms. The minimum atomic E-state index is -1.51. The van der Waals surface area contributed by atoms with Crippen LogP contribution in [0, 0.1) is 5.92 Å². The van der Waals surface area contributed by atoms with Crippen molar-refractivity contribution < 1.29 is 29.0 Å². The van der Waals surface area contributed by atoms with Crippen molar-refractivity contribution in [2.75, 3.05) is 13.7 Å². The first-order valence-corrected chi connectivity index (χ1v) is 11.6. The Bertz CT molecular complexity index is 1100. The highest BCUT2D eigenvalue weighted by Crippen LogP contribution is 2.30. The van der Waals surface area contributed by atoms with Crippen molar-refractivity contribution in [3.63, 3.8) is 0 Å². The number of nitrogens with one attached hydrogen (secondary N) is 1. The van der Waals surface area contributed by atoms with E-state index in [-0.39, 0.29) is 30.2 Å². The summed E-state index contributed by atoms with van der Waals surface area (Å²) in [5.74, 6) is -2.74. The molecule has 2 heterocycles. The fraction of sp³-hybridized carbons (Fsp3) is 0.385. The topological polar surface area (TPSA) is 116 Å². The summed E-state index contributed by atoms with van der Waals surface area (Å²) in [6.07, 6.45) is 0. The van der Waals surface area contributed by atoms with Crippen molar-refractivity contribution in [2.45, 2.75) is 44.6 Å². The fourth-order valence-electron chi connectivity index (χ4n) is 4.95. The number of carbonyl (C=O) groups excluding carboxylic acids is 4. The number of fused-ring (bicyclic) bond motifs is 1. The van der Waals surface area contributed by atoms with Crippen molar-refractivity contribution >= 4 is 23.7 Å². The van der Waals surface area contributed by atoms with Gasteiger partial charge in [0.25, 0.3) is 11.8 Å². The molecule has 4 atom stereocenters. The van der Waals surface area contributed by atoms with Crippen LogP contribution in [0.3, 0.4) is 0 Å². The van der Waals surface area contributed by atoms with Gasteiger partial charge in [0, 0.05) is 12.6 Å². The average molecular weight is 480 g/mol. The second-order valence-electron chi connectivity index (χ2n) is 9.11. The van der Waals surface area contributed by atoms with Crippen LogP contribution in [0.5, 0.6) is 0 Å². The van der Waals surface area contributed by atoms with E-state index in [9.17, 15) is 24.3 Å². The number of piperazine rings is 1. The minimum Gasteiger partial charge on any atom is -0.467 e. The lowest BCUT2D eigenvalue weighted by atomic mass is 9.88. The van der Waals surface area contributed by atoms with Gasteiger partial charge in [-0.15, -0.1) is 0 Å². The number of carbonyl (C=O) groups is 4. The van der Waals surface area contributed by atoms with Gasteiger partial charge in [0.05, 0.1) is 30.9 Å². The van der Waals surface area contributed by atoms with Crippen LogP contribution in [0.4, 0.5) is 0 Å². The second kappa shape index (κ2) is 9.97. The zero-order chi connectivity index (χ0) is 25.3. The number of esters is 1. The van der Waals surface area contributed by atoms with Gasteiger partial charge in [-0.05, 0) is 23.6 Å². The number of hydrogen-bond donors (Lipinski definition) is 2. The van der Waals surface area contributed by atoms with Gasteiger partial charge in [-0.2, -0.15) is 0 Å². The minimum absolute atomic E-state index is 0.0403. The smallest absolute Gasteiger partial charge is 0.331 e. The Labute approximate surface area is 203 Å². The van der Waals surface area contributed by atoms with Gasteiger partial charge in [0.15, 0.2) is 6.04 Å². The molecule has 0 aromatic heterocycles. The van der Waals surface area contributed by atoms with Gasteiger partial charge in [-0.3, -0.25) is 24.6 Å². The van der Waals surface area contributed by atoms with E-state index in [1.54, 1.807) is 12.1 Å². The second-order valence-corrected chi connectivity index (χ2v) is 9.11. The van der Waals surface area contributed by atoms with E-state index < -0.39 is 47.9 Å². The Morgan fingerprint density at radius 3 is 2.09 bits per heavy atom. The predicted octanol–water partition coefficient (Wildman–Crippen LogP) is 1.21. The van der Waals surface area contributed by atoms with E-state index in [4.69, 9.17) is 4.74 Å². The lowest BCUT2D eigenvalue weighted by Gasteiger charge is -2.48. The Hall–Kier alpha value is -3.56. The number of aliphatic hydroxyl groups excluding tert-OH is 1. The van der Waals surface area contributed by atoms with Crippen molar-refractivity contribution in [3.05, 3.63) is 71.3 Å². The highest BCUT2D eigenvalue weighted by Gasteiger charge is 2.53. The standard InChI is InChI=1S/C26H29N3O6/c1-15(2)20-19(14-30)28(13-16-9-5-4-6-10-16)25(33)21(27-20)22(26(34)35-3)29-23(31)17-11-7-8-12-18(17)24(29)32/h4-12,15,19-22,27,30H,13-14H2,1-3H3/t19-,20-,21-,22+/m1/s1. The molecule has 2 aliphatic rings. The summed E-state index contributed by atoms with van der Waals surface area (Å²) in [7, 11) is 1.15. The summed E-state index contributed by atoms with van der Waals surface area (Å²) in [6, 6.07) is 11.8. The van der Waals surface area contributed by atoms with Crippen LogP contribution < -0.4 is 5.32 Å². The Kier molecular flexibility index (Phi) is 7.00. The monoisotopic (exact) mass is 479 g/mol. The molecule has 0 aliphatic carbocycles. The third-order valence-electron chi connectivity index (χ3n) is 6.70. The predicted molar refractivity (Wildman–Crippen MR) is 126 cm³/mol. The maximum atomic E-state index is 13.9. The molecule has 2 N–H and O–H groups in total. The molecule has 1 fully saturated rings. The quantitative estimate of drug-likeness (QED) is 0.453. The number of imide groups is 1. The van der Waals surface area contributed by atoms with E-state index in [0.717, 1.165) is 17.6 Å². The van der Waals surface area contributed by atoms with Crippen molar-refractivity contribution in [3.8, 4) is 0 Å². The number of methoxy groups -OCH3 is 1. The maximum Gasteiger partial charge on any atom is 0.331 e. The molecule has 2 aromatic rings. The molecule has 184 valence electrons. The normalized spacial score (nSPS) is 23.0. The Morgan fingerprint density at radius 2 is 1.57 bits per heavy atom. The molecule has 0 saturated carbocycles. The highest BCUT2D eigenvalue weighted by atomic mass is 16.5. The van der Waals surface area contributed by atoms with Gasteiger partial charge in [0.1, 0.15) is 6.04 Å². The van der Waals surface area contributed by atoms with Gasteiger partial charge in [-0.25, -0.2) is 4.79 Å². The van der Waals surface area contributed by atoms with Crippen LogP contribution in [0.1, 0.15) is 40.1 Å². The van der Waals surface area contributed by atoms with Gasteiger partial charge >= 0.3 is 5.97 Å². The Balaban J connectivity index is 1.77. The van der Waals surface area contributed by atoms with E-state index in [1.165, 1.54) is 17.0 Å². The lowest BCUT2D eigenvalue weighted by molar-refractivity contribution is -0.156. The number of nitrogens with zero attached hydrogens (tertiary/aromatic N) is 2. The van der Waals surface area contributed by atoms with Gasteiger partial charge in [0.2, 0.25) is 5.91 Å². The molecule has 0 unspecified atom stereocenters.